The molecule has 2 unspecified atom stereocenters. The molecule has 0 spiro atoms. The smallest absolute Gasteiger partial charge is 0.187 e. The van der Waals surface area contributed by atoms with Gasteiger partial charge >= 0.3 is 0 Å². The molecule has 6 nitrogen and oxygen atoms in total. The second kappa shape index (κ2) is 5.55. The monoisotopic (exact) mass is 220 g/mol. The van der Waals surface area contributed by atoms with Crippen LogP contribution >= 0.6 is 0 Å². The summed E-state index contributed by atoms with van der Waals surface area (Å²) in [5, 5.41) is 37.1. The number of hydrogen-bond acceptors (Lipinski definition) is 6. The first-order chi connectivity index (χ1) is 7.11. The Morgan fingerprint density at radius 1 is 1.20 bits per heavy atom. The normalized spacial score (nSPS) is 41.5. The van der Waals surface area contributed by atoms with Crippen molar-refractivity contribution < 1.29 is 29.9 Å². The summed E-state index contributed by atoms with van der Waals surface area (Å²) < 4.78 is 10.1. The summed E-state index contributed by atoms with van der Waals surface area (Å²) in [4.78, 5) is 0. The van der Waals surface area contributed by atoms with Gasteiger partial charge in [0.2, 0.25) is 0 Å². The SMILES string of the molecule is C=CCO[C@@H]1OC(CO)[C@@H](O)[C@H](O)C1O. The van der Waals surface area contributed by atoms with Gasteiger partial charge in [0, 0.05) is 0 Å². The molecule has 1 saturated heterocycles. The van der Waals surface area contributed by atoms with E-state index in [2.05, 4.69) is 6.58 Å². The van der Waals surface area contributed by atoms with Crippen LogP contribution in [0, 0.1) is 0 Å². The molecule has 1 fully saturated rings. The van der Waals surface area contributed by atoms with Gasteiger partial charge in [0.05, 0.1) is 13.2 Å². The molecule has 1 rings (SSSR count). The van der Waals surface area contributed by atoms with Gasteiger partial charge in [-0.15, -0.1) is 6.58 Å². The van der Waals surface area contributed by atoms with Gasteiger partial charge in [-0.1, -0.05) is 6.08 Å². The van der Waals surface area contributed by atoms with Crippen molar-refractivity contribution in [3.05, 3.63) is 12.7 Å². The summed E-state index contributed by atoms with van der Waals surface area (Å²) in [6.07, 6.45) is -4.64. The lowest BCUT2D eigenvalue weighted by atomic mass is 9.99. The minimum absolute atomic E-state index is 0.142. The molecule has 0 amide bonds. The topological polar surface area (TPSA) is 99.4 Å². The summed E-state index contributed by atoms with van der Waals surface area (Å²) >= 11 is 0. The van der Waals surface area contributed by atoms with Crippen LogP contribution in [0.3, 0.4) is 0 Å². The van der Waals surface area contributed by atoms with Crippen LogP contribution < -0.4 is 0 Å². The molecule has 4 N–H and O–H groups in total. The lowest BCUT2D eigenvalue weighted by molar-refractivity contribution is -0.298. The molecule has 0 aliphatic carbocycles. The number of aliphatic hydroxyl groups is 4. The van der Waals surface area contributed by atoms with E-state index in [4.69, 9.17) is 14.6 Å². The molecule has 0 saturated carbocycles. The van der Waals surface area contributed by atoms with Crippen LogP contribution in [0.4, 0.5) is 0 Å². The van der Waals surface area contributed by atoms with Gasteiger partial charge in [-0.3, -0.25) is 0 Å². The van der Waals surface area contributed by atoms with Crippen LogP contribution in [0.2, 0.25) is 0 Å². The minimum Gasteiger partial charge on any atom is -0.394 e. The van der Waals surface area contributed by atoms with Gasteiger partial charge in [-0.05, 0) is 0 Å². The summed E-state index contributed by atoms with van der Waals surface area (Å²) in [6, 6.07) is 0. The van der Waals surface area contributed by atoms with Crippen LogP contribution in [0.15, 0.2) is 12.7 Å². The van der Waals surface area contributed by atoms with E-state index >= 15 is 0 Å². The Balaban J connectivity index is 2.60. The summed E-state index contributed by atoms with van der Waals surface area (Å²) in [5.74, 6) is 0. The maximum absolute atomic E-state index is 9.47. The van der Waals surface area contributed by atoms with E-state index in [1.165, 1.54) is 6.08 Å². The Morgan fingerprint density at radius 2 is 1.87 bits per heavy atom. The van der Waals surface area contributed by atoms with E-state index in [1.54, 1.807) is 0 Å². The van der Waals surface area contributed by atoms with Gasteiger partial charge in [0.15, 0.2) is 6.29 Å². The second-order valence-corrected chi connectivity index (χ2v) is 3.32. The lowest BCUT2D eigenvalue weighted by Gasteiger charge is -2.39. The average Bonchev–Trinajstić information content (AvgIpc) is 2.25. The zero-order valence-corrected chi connectivity index (χ0v) is 8.19. The van der Waals surface area contributed by atoms with E-state index in [0.717, 1.165) is 0 Å². The van der Waals surface area contributed by atoms with Crippen LogP contribution in [0.1, 0.15) is 0 Å². The largest absolute Gasteiger partial charge is 0.394 e. The Bertz CT molecular complexity index is 207. The van der Waals surface area contributed by atoms with Gasteiger partial charge in [0.25, 0.3) is 0 Å². The van der Waals surface area contributed by atoms with E-state index in [9.17, 15) is 15.3 Å². The molecule has 0 aromatic rings. The third-order valence-corrected chi connectivity index (χ3v) is 2.23. The van der Waals surface area contributed by atoms with Gasteiger partial charge in [-0.2, -0.15) is 0 Å². The first kappa shape index (κ1) is 12.6. The fourth-order valence-electron chi connectivity index (χ4n) is 1.37. The van der Waals surface area contributed by atoms with Crippen molar-refractivity contribution in [2.75, 3.05) is 13.2 Å². The van der Waals surface area contributed by atoms with Crippen molar-refractivity contribution in [3.63, 3.8) is 0 Å². The molecule has 88 valence electrons. The summed E-state index contributed by atoms with van der Waals surface area (Å²) in [6.45, 7) is 3.10. The summed E-state index contributed by atoms with van der Waals surface area (Å²) in [5.41, 5.74) is 0. The third-order valence-electron chi connectivity index (χ3n) is 2.23. The van der Waals surface area contributed by atoms with E-state index < -0.39 is 37.3 Å². The first-order valence-electron chi connectivity index (χ1n) is 4.64. The van der Waals surface area contributed by atoms with Crippen molar-refractivity contribution in [2.45, 2.75) is 30.7 Å². The van der Waals surface area contributed by atoms with Crippen LogP contribution in [-0.2, 0) is 9.47 Å². The molecule has 1 aliphatic rings. The predicted molar refractivity (Wildman–Crippen MR) is 49.9 cm³/mol. The molecule has 15 heavy (non-hydrogen) atoms. The van der Waals surface area contributed by atoms with Crippen molar-refractivity contribution >= 4 is 0 Å². The molecule has 1 aliphatic heterocycles. The van der Waals surface area contributed by atoms with E-state index in [0.29, 0.717) is 0 Å². The maximum Gasteiger partial charge on any atom is 0.187 e. The fourth-order valence-corrected chi connectivity index (χ4v) is 1.37. The van der Waals surface area contributed by atoms with Crippen LogP contribution in [0.25, 0.3) is 0 Å². The third kappa shape index (κ3) is 2.75. The molecular weight excluding hydrogens is 204 g/mol. The summed E-state index contributed by atoms with van der Waals surface area (Å²) in [7, 11) is 0. The molecule has 0 radical (unpaired) electrons. The molecule has 6 heteroatoms. The highest BCUT2D eigenvalue weighted by atomic mass is 16.7. The van der Waals surface area contributed by atoms with Gasteiger partial charge in [0.1, 0.15) is 24.4 Å². The number of hydrogen-bond donors (Lipinski definition) is 4. The highest BCUT2D eigenvalue weighted by Gasteiger charge is 2.43. The average molecular weight is 220 g/mol. The molecule has 0 aromatic carbocycles. The lowest BCUT2D eigenvalue weighted by Crippen LogP contribution is -2.59. The number of ether oxygens (including phenoxy) is 2. The van der Waals surface area contributed by atoms with Gasteiger partial charge in [-0.25, -0.2) is 0 Å². The maximum atomic E-state index is 9.47. The molecule has 5 atom stereocenters. The Morgan fingerprint density at radius 3 is 2.40 bits per heavy atom. The predicted octanol–water partition coefficient (Wildman–Crippen LogP) is -2.01. The zero-order valence-electron chi connectivity index (χ0n) is 8.19. The minimum atomic E-state index is -1.40. The highest BCUT2D eigenvalue weighted by molar-refractivity contribution is 4.89. The van der Waals surface area contributed by atoms with Crippen molar-refractivity contribution in [1.82, 2.24) is 0 Å². The Kier molecular flexibility index (Phi) is 4.65. The van der Waals surface area contributed by atoms with E-state index in [-0.39, 0.29) is 6.61 Å². The highest BCUT2D eigenvalue weighted by Crippen LogP contribution is 2.21. The molecule has 0 bridgehead atoms. The van der Waals surface area contributed by atoms with Crippen molar-refractivity contribution in [3.8, 4) is 0 Å². The molecule has 1 heterocycles. The number of rotatable bonds is 4. The van der Waals surface area contributed by atoms with Crippen LogP contribution in [0.5, 0.6) is 0 Å². The van der Waals surface area contributed by atoms with Gasteiger partial charge < -0.3 is 29.9 Å². The quantitative estimate of drug-likeness (QED) is 0.408. The first-order valence-corrected chi connectivity index (χ1v) is 4.64. The van der Waals surface area contributed by atoms with E-state index in [1.807, 2.05) is 0 Å². The molecular formula is C9H16O6. The standard InChI is InChI=1S/C9H16O6/c1-2-3-14-9-8(13)7(12)6(11)5(4-10)15-9/h2,5-13H,1,3-4H2/t5?,6-,7+,8?,9-/m1/s1. The van der Waals surface area contributed by atoms with Crippen LogP contribution in [-0.4, -0.2) is 64.3 Å². The number of aliphatic hydroxyl groups excluding tert-OH is 4. The zero-order chi connectivity index (χ0) is 11.4. The van der Waals surface area contributed by atoms with Crippen molar-refractivity contribution in [2.24, 2.45) is 0 Å². The van der Waals surface area contributed by atoms with Crippen molar-refractivity contribution in [1.29, 1.82) is 0 Å². The fraction of sp³-hybridized carbons (Fsp3) is 0.778. The second-order valence-electron chi connectivity index (χ2n) is 3.32. The molecule has 0 aromatic heterocycles. The Hall–Kier alpha value is -0.500. The Labute approximate surface area is 87.4 Å².